The molecule has 4 N–H and O–H groups in total. The number of carbonyl (C=O) groups is 3. The minimum Gasteiger partial charge on any atom is -0.374 e. The number of hydrogen-bond donors (Lipinski definition) is 3. The van der Waals surface area contributed by atoms with Crippen LogP contribution in [0.3, 0.4) is 0 Å². The van der Waals surface area contributed by atoms with E-state index in [2.05, 4.69) is 29.5 Å². The minimum atomic E-state index is -1.19. The van der Waals surface area contributed by atoms with E-state index in [1.165, 1.54) is 0 Å². The summed E-state index contributed by atoms with van der Waals surface area (Å²) in [4.78, 5) is 46.2. The number of rotatable bonds is 11. The molecule has 1 unspecified atom stereocenters. The summed E-state index contributed by atoms with van der Waals surface area (Å²) in [5, 5.41) is 5.47. The highest BCUT2D eigenvalue weighted by Gasteiger charge is 2.34. The molecule has 0 radical (unpaired) electrons. The van der Waals surface area contributed by atoms with Crippen LogP contribution in [0.25, 0.3) is 0 Å². The first-order valence-electron chi connectivity index (χ1n) is 14.3. The number of amides is 3. The number of likely N-dealkylation sites (tertiary alicyclic amines) is 1. The Bertz CT molecular complexity index is 1350. The van der Waals surface area contributed by atoms with Crippen molar-refractivity contribution < 1.29 is 19.1 Å². The number of aromatic nitrogens is 2. The fraction of sp³-hybridized carbons (Fsp3) is 0.455. The number of anilines is 1. The van der Waals surface area contributed by atoms with Gasteiger partial charge in [0.15, 0.2) is 5.82 Å². The molecule has 2 atom stereocenters. The van der Waals surface area contributed by atoms with Crippen molar-refractivity contribution in [3.05, 3.63) is 84.3 Å². The van der Waals surface area contributed by atoms with Crippen molar-refractivity contribution in [3.8, 4) is 0 Å². The lowest BCUT2D eigenvalue weighted by Gasteiger charge is -2.39. The smallest absolute Gasteiger partial charge is 0.250 e. The van der Waals surface area contributed by atoms with Gasteiger partial charge in [0.25, 0.3) is 5.91 Å². The quantitative estimate of drug-likeness (QED) is 0.308. The van der Waals surface area contributed by atoms with Crippen molar-refractivity contribution >= 4 is 23.5 Å². The van der Waals surface area contributed by atoms with Gasteiger partial charge >= 0.3 is 0 Å². The van der Waals surface area contributed by atoms with Gasteiger partial charge in [0.1, 0.15) is 12.1 Å². The van der Waals surface area contributed by atoms with Gasteiger partial charge in [0.05, 0.1) is 25.1 Å². The monoisotopic (exact) mass is 590 g/mol. The Balaban J connectivity index is 0.00000506. The fourth-order valence-corrected chi connectivity index (χ4v) is 5.01. The third-order valence-corrected chi connectivity index (χ3v) is 7.32. The second kappa shape index (κ2) is 14.4. The van der Waals surface area contributed by atoms with Gasteiger partial charge in [-0.25, -0.2) is 4.98 Å². The molecule has 2 aromatic carbocycles. The van der Waals surface area contributed by atoms with Gasteiger partial charge in [-0.15, -0.1) is 0 Å². The number of benzene rings is 2. The highest BCUT2D eigenvalue weighted by atomic mass is 16.5. The normalized spacial score (nSPS) is 16.0. The molecule has 1 saturated heterocycles. The lowest BCUT2D eigenvalue weighted by atomic mass is 9.84. The molecule has 43 heavy (non-hydrogen) atoms. The average Bonchev–Trinajstić information content (AvgIpc) is 3.40. The van der Waals surface area contributed by atoms with E-state index in [4.69, 9.17) is 10.5 Å². The molecule has 3 amide bonds. The molecule has 1 fully saturated rings. The number of imidazole rings is 1. The zero-order valence-electron chi connectivity index (χ0n) is 24.9. The second-order valence-electron chi connectivity index (χ2n) is 12.3. The topological polar surface area (TPSA) is 132 Å². The summed E-state index contributed by atoms with van der Waals surface area (Å²) in [5.74, 6) is -0.766. The van der Waals surface area contributed by atoms with Crippen molar-refractivity contribution in [2.24, 2.45) is 11.1 Å². The third-order valence-electron chi connectivity index (χ3n) is 7.32. The van der Waals surface area contributed by atoms with E-state index in [0.717, 1.165) is 24.0 Å². The fourth-order valence-electron chi connectivity index (χ4n) is 5.01. The molecular formula is C33H46N6O4. The van der Waals surface area contributed by atoms with Crippen molar-refractivity contribution in [1.82, 2.24) is 19.8 Å². The van der Waals surface area contributed by atoms with Crippen LogP contribution in [0.2, 0.25) is 0 Å². The molecule has 232 valence electrons. The molecule has 3 aromatic rings. The molecule has 1 aromatic heterocycles. The zero-order chi connectivity index (χ0) is 30.3. The average molecular weight is 591 g/mol. The lowest BCUT2D eigenvalue weighted by molar-refractivity contribution is -0.136. The number of nitrogens with two attached hydrogens (primary N) is 1. The van der Waals surface area contributed by atoms with Crippen LogP contribution >= 0.6 is 0 Å². The van der Waals surface area contributed by atoms with E-state index in [0.29, 0.717) is 13.1 Å². The molecule has 4 rings (SSSR count). The summed E-state index contributed by atoms with van der Waals surface area (Å²) in [6, 6.07) is 17.4. The maximum Gasteiger partial charge on any atom is 0.250 e. The van der Waals surface area contributed by atoms with Gasteiger partial charge in [0.2, 0.25) is 11.8 Å². The molecule has 0 spiro atoms. The van der Waals surface area contributed by atoms with Crippen LogP contribution < -0.4 is 16.4 Å². The van der Waals surface area contributed by atoms with Gasteiger partial charge in [-0.2, -0.15) is 0 Å². The standard InChI is InChI=1S/C32H42N6O4.CH4/c1-31(2)16-11-17-37(21-31)29(40)27(24-14-9-6-10-15-24)38-18-26(34-22-38)36-28(39)25(35-30(41)32(3,4)33)20-42-19-23-12-7-5-8-13-23;/h5-10,12-15,18,22,25,27H,11,16-17,19-21,33H2,1-4H3,(H,35,41)(H,36,39);1H4/t25-,27?;/m1./s1. The number of nitrogens with one attached hydrogen (secondary N) is 2. The first-order valence-corrected chi connectivity index (χ1v) is 14.3. The maximum absolute atomic E-state index is 13.9. The van der Waals surface area contributed by atoms with Crippen LogP contribution in [-0.4, -0.2) is 63.4 Å². The van der Waals surface area contributed by atoms with Gasteiger partial charge in [-0.05, 0) is 43.2 Å². The molecule has 0 saturated carbocycles. The Morgan fingerprint density at radius 1 is 1.07 bits per heavy atom. The first kappa shape index (κ1) is 33.5. The van der Waals surface area contributed by atoms with E-state index in [1.54, 1.807) is 30.9 Å². The number of carbonyl (C=O) groups excluding carboxylic acids is 3. The molecule has 10 nitrogen and oxygen atoms in total. The Labute approximate surface area is 255 Å². The second-order valence-corrected chi connectivity index (χ2v) is 12.3. The first-order chi connectivity index (χ1) is 19.9. The highest BCUT2D eigenvalue weighted by Crippen LogP contribution is 2.31. The molecule has 0 bridgehead atoms. The third kappa shape index (κ3) is 9.23. The Morgan fingerprint density at radius 3 is 2.35 bits per heavy atom. The predicted octanol–water partition coefficient (Wildman–Crippen LogP) is 4.13. The maximum atomic E-state index is 13.9. The van der Waals surface area contributed by atoms with Crippen molar-refractivity contribution in [2.75, 3.05) is 25.0 Å². The number of hydrogen-bond acceptors (Lipinski definition) is 6. The summed E-state index contributed by atoms with van der Waals surface area (Å²) in [7, 11) is 0. The van der Waals surface area contributed by atoms with Crippen LogP contribution in [-0.2, 0) is 25.7 Å². The van der Waals surface area contributed by atoms with Crippen LogP contribution in [0, 0.1) is 5.41 Å². The number of piperidine rings is 1. The van der Waals surface area contributed by atoms with Crippen LogP contribution in [0.4, 0.5) is 5.82 Å². The predicted molar refractivity (Wildman–Crippen MR) is 168 cm³/mol. The lowest BCUT2D eigenvalue weighted by Crippen LogP contribution is -2.56. The molecule has 1 aliphatic heterocycles. The van der Waals surface area contributed by atoms with Gasteiger partial charge in [0, 0.05) is 19.3 Å². The Kier molecular flexibility index (Phi) is 11.2. The summed E-state index contributed by atoms with van der Waals surface area (Å²) >= 11 is 0. The summed E-state index contributed by atoms with van der Waals surface area (Å²) in [5.41, 5.74) is 6.58. The molecule has 2 heterocycles. The molecule has 1 aliphatic rings. The largest absolute Gasteiger partial charge is 0.374 e. The van der Waals surface area contributed by atoms with Crippen LogP contribution in [0.5, 0.6) is 0 Å². The Hall–Kier alpha value is -4.02. The van der Waals surface area contributed by atoms with Gasteiger partial charge < -0.3 is 30.6 Å². The number of nitrogens with zero attached hydrogens (tertiary/aromatic N) is 3. The van der Waals surface area contributed by atoms with Crippen LogP contribution in [0.1, 0.15) is 65.1 Å². The minimum absolute atomic E-state index is 0. The van der Waals surface area contributed by atoms with Crippen molar-refractivity contribution in [1.29, 1.82) is 0 Å². The zero-order valence-corrected chi connectivity index (χ0v) is 24.9. The summed E-state index contributed by atoms with van der Waals surface area (Å²) in [6.45, 7) is 9.07. The molecule has 0 aliphatic carbocycles. The van der Waals surface area contributed by atoms with Gasteiger partial charge in [-0.1, -0.05) is 81.9 Å². The summed E-state index contributed by atoms with van der Waals surface area (Å²) in [6.07, 6.45) is 5.20. The van der Waals surface area contributed by atoms with E-state index in [9.17, 15) is 14.4 Å². The Morgan fingerprint density at radius 2 is 1.72 bits per heavy atom. The van der Waals surface area contributed by atoms with E-state index in [1.807, 2.05) is 65.6 Å². The van der Waals surface area contributed by atoms with Gasteiger partial charge in [-0.3, -0.25) is 14.4 Å². The SMILES string of the molecule is C.CC1(C)CCCN(C(=O)C(c2ccccc2)n2cnc(NC(=O)[C@@H](COCc3ccccc3)NC(=O)C(C)(C)N)c2)C1. The highest BCUT2D eigenvalue weighted by molar-refractivity contribution is 5.98. The van der Waals surface area contributed by atoms with E-state index >= 15 is 0 Å². The molecule has 10 heteroatoms. The van der Waals surface area contributed by atoms with Crippen LogP contribution in [0.15, 0.2) is 73.2 Å². The van der Waals surface area contributed by atoms with E-state index < -0.39 is 29.4 Å². The van der Waals surface area contributed by atoms with E-state index in [-0.39, 0.29) is 37.8 Å². The summed E-state index contributed by atoms with van der Waals surface area (Å²) < 4.78 is 7.50. The van der Waals surface area contributed by atoms with Crippen molar-refractivity contribution in [2.45, 2.75) is 72.2 Å². The molecular weight excluding hydrogens is 544 g/mol. The number of ether oxygens (including phenoxy) is 1. The van der Waals surface area contributed by atoms with Crippen molar-refractivity contribution in [3.63, 3.8) is 0 Å².